The van der Waals surface area contributed by atoms with Crippen LogP contribution < -0.4 is 5.32 Å². The highest BCUT2D eigenvalue weighted by Crippen LogP contribution is 2.25. The molecule has 16 heavy (non-hydrogen) atoms. The van der Waals surface area contributed by atoms with Crippen molar-refractivity contribution >= 4 is 0 Å². The van der Waals surface area contributed by atoms with E-state index in [0.717, 1.165) is 25.1 Å². The van der Waals surface area contributed by atoms with Crippen LogP contribution in [0.2, 0.25) is 0 Å². The van der Waals surface area contributed by atoms with Crippen LogP contribution in [0, 0.1) is 5.92 Å². The van der Waals surface area contributed by atoms with E-state index < -0.39 is 0 Å². The van der Waals surface area contributed by atoms with Gasteiger partial charge in [0.25, 0.3) is 0 Å². The molecule has 0 spiro atoms. The van der Waals surface area contributed by atoms with Gasteiger partial charge >= 0.3 is 0 Å². The summed E-state index contributed by atoms with van der Waals surface area (Å²) in [4.78, 5) is 0. The van der Waals surface area contributed by atoms with Crippen molar-refractivity contribution in [3.63, 3.8) is 0 Å². The van der Waals surface area contributed by atoms with Crippen LogP contribution in [0.3, 0.4) is 0 Å². The number of aromatic nitrogens is 2. The van der Waals surface area contributed by atoms with Crippen LogP contribution in [-0.2, 0) is 18.2 Å². The molecule has 2 heterocycles. The second-order valence-corrected chi connectivity index (χ2v) is 4.61. The van der Waals surface area contributed by atoms with Crippen molar-refractivity contribution in [3.05, 3.63) is 18.0 Å². The number of aryl methyl sites for hydroxylation is 1. The third-order valence-corrected chi connectivity index (χ3v) is 3.52. The number of rotatable bonds is 4. The van der Waals surface area contributed by atoms with Crippen molar-refractivity contribution in [2.75, 3.05) is 13.7 Å². The smallest absolute Gasteiger partial charge is 0.0640 e. The first kappa shape index (κ1) is 11.6. The standard InChI is InChI=1S/C12H21N3O/c1-9-11(5-7-16-9)12(13-2)8-10-4-6-15(3)14-10/h4,6,9,11-13H,5,7-8H2,1-3H3. The average Bonchev–Trinajstić information content (AvgIpc) is 2.84. The Morgan fingerprint density at radius 3 is 3.00 bits per heavy atom. The van der Waals surface area contributed by atoms with Gasteiger partial charge in [-0.05, 0) is 26.5 Å². The predicted molar refractivity (Wildman–Crippen MR) is 63.3 cm³/mol. The van der Waals surface area contributed by atoms with Gasteiger partial charge in [-0.1, -0.05) is 0 Å². The predicted octanol–water partition coefficient (Wildman–Crippen LogP) is 0.976. The monoisotopic (exact) mass is 223 g/mol. The zero-order valence-corrected chi connectivity index (χ0v) is 10.3. The van der Waals surface area contributed by atoms with E-state index in [-0.39, 0.29) is 0 Å². The molecule has 0 saturated carbocycles. The van der Waals surface area contributed by atoms with Crippen LogP contribution in [-0.4, -0.2) is 35.6 Å². The molecular formula is C12H21N3O. The molecule has 4 nitrogen and oxygen atoms in total. The van der Waals surface area contributed by atoms with E-state index in [1.165, 1.54) is 0 Å². The second kappa shape index (κ2) is 4.97. The number of nitrogens with one attached hydrogen (secondary N) is 1. The number of ether oxygens (including phenoxy) is 1. The highest BCUT2D eigenvalue weighted by molar-refractivity contribution is 5.03. The normalized spacial score (nSPS) is 27.2. The van der Waals surface area contributed by atoms with Crippen molar-refractivity contribution < 1.29 is 4.74 Å². The Balaban J connectivity index is 2.00. The highest BCUT2D eigenvalue weighted by Gasteiger charge is 2.31. The summed E-state index contributed by atoms with van der Waals surface area (Å²) in [5.41, 5.74) is 1.15. The number of hydrogen-bond acceptors (Lipinski definition) is 3. The van der Waals surface area contributed by atoms with Gasteiger partial charge < -0.3 is 10.1 Å². The minimum Gasteiger partial charge on any atom is -0.378 e. The largest absolute Gasteiger partial charge is 0.378 e. The van der Waals surface area contributed by atoms with Gasteiger partial charge in [-0.2, -0.15) is 5.10 Å². The first-order valence-electron chi connectivity index (χ1n) is 5.98. The molecule has 0 amide bonds. The van der Waals surface area contributed by atoms with E-state index in [2.05, 4.69) is 23.4 Å². The number of nitrogens with zero attached hydrogens (tertiary/aromatic N) is 2. The van der Waals surface area contributed by atoms with Gasteiger partial charge in [-0.3, -0.25) is 4.68 Å². The molecule has 90 valence electrons. The molecular weight excluding hydrogens is 202 g/mol. The lowest BCUT2D eigenvalue weighted by Crippen LogP contribution is -2.38. The first-order chi connectivity index (χ1) is 7.70. The van der Waals surface area contributed by atoms with Crippen LogP contribution in [0.15, 0.2) is 12.3 Å². The summed E-state index contributed by atoms with van der Waals surface area (Å²) in [6, 6.07) is 2.55. The topological polar surface area (TPSA) is 39.1 Å². The van der Waals surface area contributed by atoms with E-state index in [1.807, 2.05) is 25.0 Å². The molecule has 1 aromatic heterocycles. The molecule has 0 radical (unpaired) electrons. The Kier molecular flexibility index (Phi) is 3.61. The average molecular weight is 223 g/mol. The molecule has 1 aromatic rings. The summed E-state index contributed by atoms with van der Waals surface area (Å²) in [5.74, 6) is 0.604. The van der Waals surface area contributed by atoms with Crippen LogP contribution >= 0.6 is 0 Å². The van der Waals surface area contributed by atoms with Crippen LogP contribution in [0.1, 0.15) is 19.0 Å². The fraction of sp³-hybridized carbons (Fsp3) is 0.750. The van der Waals surface area contributed by atoms with Gasteiger partial charge in [-0.25, -0.2) is 0 Å². The lowest BCUT2D eigenvalue weighted by atomic mass is 9.90. The molecule has 0 aliphatic carbocycles. The van der Waals surface area contributed by atoms with E-state index in [0.29, 0.717) is 18.1 Å². The minimum atomic E-state index is 0.362. The summed E-state index contributed by atoms with van der Waals surface area (Å²) in [6.07, 6.45) is 4.49. The molecule has 0 aromatic carbocycles. The molecule has 1 aliphatic rings. The maximum absolute atomic E-state index is 5.63. The van der Waals surface area contributed by atoms with Gasteiger partial charge in [0, 0.05) is 38.2 Å². The molecule has 3 atom stereocenters. The first-order valence-corrected chi connectivity index (χ1v) is 5.98. The summed E-state index contributed by atoms with van der Waals surface area (Å²) in [5, 5.41) is 7.83. The molecule has 0 bridgehead atoms. The lowest BCUT2D eigenvalue weighted by molar-refractivity contribution is 0.0962. The summed E-state index contributed by atoms with van der Waals surface area (Å²) >= 11 is 0. The van der Waals surface area contributed by atoms with E-state index in [4.69, 9.17) is 4.74 Å². The van der Waals surface area contributed by atoms with Gasteiger partial charge in [0.05, 0.1) is 11.8 Å². The lowest BCUT2D eigenvalue weighted by Gasteiger charge is -2.24. The van der Waals surface area contributed by atoms with Crippen molar-refractivity contribution in [1.29, 1.82) is 0 Å². The summed E-state index contributed by atoms with van der Waals surface area (Å²) < 4.78 is 7.48. The molecule has 3 unspecified atom stereocenters. The fourth-order valence-corrected chi connectivity index (χ4v) is 2.54. The van der Waals surface area contributed by atoms with Gasteiger partial charge in [-0.15, -0.1) is 0 Å². The summed E-state index contributed by atoms with van der Waals surface area (Å²) in [7, 11) is 3.98. The Hall–Kier alpha value is -0.870. The van der Waals surface area contributed by atoms with Crippen molar-refractivity contribution in [2.45, 2.75) is 31.9 Å². The third-order valence-electron chi connectivity index (χ3n) is 3.52. The van der Waals surface area contributed by atoms with Gasteiger partial charge in [0.1, 0.15) is 0 Å². The maximum atomic E-state index is 5.63. The Morgan fingerprint density at radius 1 is 1.69 bits per heavy atom. The van der Waals surface area contributed by atoms with Crippen LogP contribution in [0.4, 0.5) is 0 Å². The van der Waals surface area contributed by atoms with Crippen molar-refractivity contribution in [3.8, 4) is 0 Å². The van der Waals surface area contributed by atoms with Crippen LogP contribution in [0.5, 0.6) is 0 Å². The maximum Gasteiger partial charge on any atom is 0.0640 e. The van der Waals surface area contributed by atoms with Crippen molar-refractivity contribution in [1.82, 2.24) is 15.1 Å². The van der Waals surface area contributed by atoms with Gasteiger partial charge in [0.15, 0.2) is 0 Å². The quantitative estimate of drug-likeness (QED) is 0.827. The van der Waals surface area contributed by atoms with Crippen molar-refractivity contribution in [2.24, 2.45) is 13.0 Å². The Bertz CT molecular complexity index is 337. The highest BCUT2D eigenvalue weighted by atomic mass is 16.5. The zero-order chi connectivity index (χ0) is 11.5. The van der Waals surface area contributed by atoms with Gasteiger partial charge in [0.2, 0.25) is 0 Å². The molecule has 1 N–H and O–H groups in total. The Morgan fingerprint density at radius 2 is 2.50 bits per heavy atom. The molecule has 1 aliphatic heterocycles. The van der Waals surface area contributed by atoms with E-state index in [9.17, 15) is 0 Å². The molecule has 1 fully saturated rings. The molecule has 2 rings (SSSR count). The van der Waals surface area contributed by atoms with E-state index in [1.54, 1.807) is 0 Å². The number of likely N-dealkylation sites (N-methyl/N-ethyl adjacent to an activating group) is 1. The number of hydrogen-bond donors (Lipinski definition) is 1. The minimum absolute atomic E-state index is 0.362. The van der Waals surface area contributed by atoms with E-state index >= 15 is 0 Å². The SMILES string of the molecule is CNC(Cc1ccn(C)n1)C1CCOC1C. The van der Waals surface area contributed by atoms with Crippen LogP contribution in [0.25, 0.3) is 0 Å². The fourth-order valence-electron chi connectivity index (χ4n) is 2.54. The molecule has 1 saturated heterocycles. The third kappa shape index (κ3) is 2.44. The summed E-state index contributed by atoms with van der Waals surface area (Å²) in [6.45, 7) is 3.06. The second-order valence-electron chi connectivity index (χ2n) is 4.61. The Labute approximate surface area is 97.0 Å². The zero-order valence-electron chi connectivity index (χ0n) is 10.3. The molecule has 4 heteroatoms.